The average molecular weight is 127 g/mol. The molecule has 9 heavy (non-hydrogen) atoms. The van der Waals surface area contributed by atoms with Crippen molar-refractivity contribution in [2.24, 2.45) is 0 Å². The van der Waals surface area contributed by atoms with Crippen molar-refractivity contribution in [1.29, 1.82) is 0 Å². The second-order valence-electron chi connectivity index (χ2n) is 1.74. The van der Waals surface area contributed by atoms with Crippen molar-refractivity contribution < 1.29 is 9.52 Å². The molecule has 0 radical (unpaired) electrons. The maximum absolute atomic E-state index is 8.52. The molecule has 1 rings (SSSR count). The van der Waals surface area contributed by atoms with Crippen molar-refractivity contribution in [1.82, 2.24) is 4.98 Å². The van der Waals surface area contributed by atoms with Gasteiger partial charge in [-0.15, -0.1) is 0 Å². The molecule has 1 aromatic rings. The highest BCUT2D eigenvalue weighted by Crippen LogP contribution is 2.00. The number of aromatic nitrogens is 1. The van der Waals surface area contributed by atoms with Crippen LogP contribution >= 0.6 is 0 Å². The Hall–Kier alpha value is -0.830. The van der Waals surface area contributed by atoms with E-state index < -0.39 is 0 Å². The zero-order valence-corrected chi connectivity index (χ0v) is 5.29. The van der Waals surface area contributed by atoms with Crippen LogP contribution in [0.3, 0.4) is 0 Å². The minimum absolute atomic E-state index is 0.0382. The number of aliphatic hydroxyl groups excluding tert-OH is 1. The molecule has 0 aromatic carbocycles. The van der Waals surface area contributed by atoms with E-state index >= 15 is 0 Å². The summed E-state index contributed by atoms with van der Waals surface area (Å²) in [6.45, 7) is 1.91. The SMILES string of the molecule is CCc1nc(CO)co1. The Bertz CT molecular complexity index is 164. The molecule has 1 heterocycles. The molecule has 0 amide bonds. The number of hydrogen-bond donors (Lipinski definition) is 1. The van der Waals surface area contributed by atoms with Gasteiger partial charge < -0.3 is 9.52 Å². The number of oxazole rings is 1. The van der Waals surface area contributed by atoms with Gasteiger partial charge in [-0.2, -0.15) is 0 Å². The Morgan fingerprint density at radius 3 is 2.89 bits per heavy atom. The minimum atomic E-state index is -0.0382. The Balaban J connectivity index is 2.74. The average Bonchev–Trinajstić information content (AvgIpc) is 2.34. The van der Waals surface area contributed by atoms with Gasteiger partial charge in [0.2, 0.25) is 0 Å². The van der Waals surface area contributed by atoms with Crippen molar-refractivity contribution in [3.63, 3.8) is 0 Å². The summed E-state index contributed by atoms with van der Waals surface area (Å²) in [6.07, 6.45) is 2.25. The summed E-state index contributed by atoms with van der Waals surface area (Å²) in [5.74, 6) is 0.680. The van der Waals surface area contributed by atoms with E-state index in [0.717, 1.165) is 6.42 Å². The molecule has 0 spiro atoms. The van der Waals surface area contributed by atoms with Crippen LogP contribution in [0, 0.1) is 0 Å². The first-order valence-corrected chi connectivity index (χ1v) is 2.91. The van der Waals surface area contributed by atoms with Crippen molar-refractivity contribution in [2.75, 3.05) is 0 Å². The quantitative estimate of drug-likeness (QED) is 0.637. The summed E-state index contributed by atoms with van der Waals surface area (Å²) < 4.78 is 4.93. The molecule has 0 atom stereocenters. The first-order chi connectivity index (χ1) is 4.36. The van der Waals surface area contributed by atoms with Gasteiger partial charge in [0.05, 0.1) is 6.61 Å². The number of hydrogen-bond acceptors (Lipinski definition) is 3. The molecule has 0 aliphatic rings. The van der Waals surface area contributed by atoms with Gasteiger partial charge in [-0.1, -0.05) is 6.92 Å². The molecule has 3 nitrogen and oxygen atoms in total. The van der Waals surface area contributed by atoms with Gasteiger partial charge in [-0.05, 0) is 0 Å². The zero-order valence-electron chi connectivity index (χ0n) is 5.29. The van der Waals surface area contributed by atoms with Gasteiger partial charge >= 0.3 is 0 Å². The van der Waals surface area contributed by atoms with E-state index in [1.54, 1.807) is 0 Å². The predicted molar refractivity (Wildman–Crippen MR) is 31.8 cm³/mol. The zero-order chi connectivity index (χ0) is 6.69. The van der Waals surface area contributed by atoms with Crippen LogP contribution in [-0.4, -0.2) is 10.1 Å². The molecule has 50 valence electrons. The molecular weight excluding hydrogens is 118 g/mol. The Morgan fingerprint density at radius 2 is 2.56 bits per heavy atom. The molecule has 0 saturated carbocycles. The largest absolute Gasteiger partial charge is 0.449 e. The summed E-state index contributed by atoms with van der Waals surface area (Å²) in [5, 5.41) is 8.52. The lowest BCUT2D eigenvalue weighted by Gasteiger charge is -1.80. The standard InChI is InChI=1S/C6H9NO2/c1-2-6-7-5(3-8)4-9-6/h4,8H,2-3H2,1H3. The van der Waals surface area contributed by atoms with E-state index in [2.05, 4.69) is 4.98 Å². The minimum Gasteiger partial charge on any atom is -0.449 e. The summed E-state index contributed by atoms with van der Waals surface area (Å²) >= 11 is 0. The van der Waals surface area contributed by atoms with Gasteiger partial charge in [-0.3, -0.25) is 0 Å². The summed E-state index contributed by atoms with van der Waals surface area (Å²) in [5.41, 5.74) is 0.604. The lowest BCUT2D eigenvalue weighted by atomic mass is 10.5. The van der Waals surface area contributed by atoms with Crippen LogP contribution in [0.1, 0.15) is 18.5 Å². The van der Waals surface area contributed by atoms with Gasteiger partial charge in [0.15, 0.2) is 5.89 Å². The molecule has 1 N–H and O–H groups in total. The van der Waals surface area contributed by atoms with E-state index in [1.807, 2.05) is 6.92 Å². The highest BCUT2D eigenvalue weighted by Gasteiger charge is 1.97. The lowest BCUT2D eigenvalue weighted by Crippen LogP contribution is -1.83. The van der Waals surface area contributed by atoms with E-state index in [1.165, 1.54) is 6.26 Å². The predicted octanol–water partition coefficient (Wildman–Crippen LogP) is 0.729. The van der Waals surface area contributed by atoms with Gasteiger partial charge in [0.25, 0.3) is 0 Å². The maximum Gasteiger partial charge on any atom is 0.193 e. The van der Waals surface area contributed by atoms with Crippen LogP contribution in [0.25, 0.3) is 0 Å². The Morgan fingerprint density at radius 1 is 1.78 bits per heavy atom. The molecule has 0 aliphatic heterocycles. The van der Waals surface area contributed by atoms with Crippen LogP contribution in [-0.2, 0) is 13.0 Å². The molecular formula is C6H9NO2. The summed E-state index contributed by atoms with van der Waals surface area (Å²) in [7, 11) is 0. The van der Waals surface area contributed by atoms with E-state index in [0.29, 0.717) is 11.6 Å². The third-order valence-electron chi connectivity index (χ3n) is 1.06. The van der Waals surface area contributed by atoms with Crippen LogP contribution in [0.4, 0.5) is 0 Å². The van der Waals surface area contributed by atoms with Crippen molar-refractivity contribution >= 4 is 0 Å². The fourth-order valence-electron chi connectivity index (χ4n) is 0.584. The second kappa shape index (κ2) is 2.64. The molecule has 0 bridgehead atoms. The third kappa shape index (κ3) is 1.29. The number of nitrogens with zero attached hydrogens (tertiary/aromatic N) is 1. The third-order valence-corrected chi connectivity index (χ3v) is 1.06. The van der Waals surface area contributed by atoms with Crippen LogP contribution in [0.5, 0.6) is 0 Å². The highest BCUT2D eigenvalue weighted by atomic mass is 16.3. The van der Waals surface area contributed by atoms with Crippen LogP contribution < -0.4 is 0 Å². The topological polar surface area (TPSA) is 46.3 Å². The lowest BCUT2D eigenvalue weighted by molar-refractivity contribution is 0.276. The molecule has 0 saturated heterocycles. The fraction of sp³-hybridized carbons (Fsp3) is 0.500. The van der Waals surface area contributed by atoms with Gasteiger partial charge in [0.1, 0.15) is 12.0 Å². The normalized spacial score (nSPS) is 10.0. The second-order valence-corrected chi connectivity index (χ2v) is 1.74. The number of aryl methyl sites for hydroxylation is 1. The molecule has 1 aromatic heterocycles. The summed E-state index contributed by atoms with van der Waals surface area (Å²) in [4.78, 5) is 3.93. The highest BCUT2D eigenvalue weighted by molar-refractivity contribution is 4.93. The van der Waals surface area contributed by atoms with Crippen LogP contribution in [0.2, 0.25) is 0 Å². The van der Waals surface area contributed by atoms with Gasteiger partial charge in [0, 0.05) is 6.42 Å². The van der Waals surface area contributed by atoms with E-state index in [4.69, 9.17) is 9.52 Å². The van der Waals surface area contributed by atoms with Crippen LogP contribution in [0.15, 0.2) is 10.7 Å². The maximum atomic E-state index is 8.52. The molecule has 3 heteroatoms. The number of aliphatic hydroxyl groups is 1. The summed E-state index contributed by atoms with van der Waals surface area (Å²) in [6, 6.07) is 0. The molecule has 0 unspecified atom stereocenters. The molecule has 0 aliphatic carbocycles. The first-order valence-electron chi connectivity index (χ1n) is 2.91. The van der Waals surface area contributed by atoms with Gasteiger partial charge in [-0.25, -0.2) is 4.98 Å². The monoisotopic (exact) mass is 127 g/mol. The fourth-order valence-corrected chi connectivity index (χ4v) is 0.584. The van der Waals surface area contributed by atoms with Crippen molar-refractivity contribution in [3.05, 3.63) is 17.8 Å². The molecule has 0 fully saturated rings. The Labute approximate surface area is 53.3 Å². The first kappa shape index (κ1) is 6.29. The number of rotatable bonds is 2. The van der Waals surface area contributed by atoms with E-state index in [-0.39, 0.29) is 6.61 Å². The Kier molecular flexibility index (Phi) is 1.85. The van der Waals surface area contributed by atoms with E-state index in [9.17, 15) is 0 Å². The smallest absolute Gasteiger partial charge is 0.193 e. The van der Waals surface area contributed by atoms with Crippen molar-refractivity contribution in [2.45, 2.75) is 20.0 Å². The van der Waals surface area contributed by atoms with Crippen molar-refractivity contribution in [3.8, 4) is 0 Å².